The first kappa shape index (κ1) is 17.1. The minimum absolute atomic E-state index is 0.0350. The molecule has 0 heterocycles. The van der Waals surface area contributed by atoms with Crippen LogP contribution in [0.1, 0.15) is 15.9 Å². The zero-order valence-corrected chi connectivity index (χ0v) is 13.3. The summed E-state index contributed by atoms with van der Waals surface area (Å²) in [5.41, 5.74) is 0.688. The average molecular weight is 354 g/mol. The Morgan fingerprint density at radius 1 is 1.04 bits per heavy atom. The number of carboxylic acids is 1. The van der Waals surface area contributed by atoms with Crippen LogP contribution in [0.3, 0.4) is 0 Å². The molecule has 120 valence electrons. The number of nitrogens with one attached hydrogen (secondary N) is 1. The minimum Gasteiger partial charge on any atom is -0.508 e. The molecule has 7 heteroatoms. The number of aliphatic carboxylic acids is 1. The average Bonchev–Trinajstić information content (AvgIpc) is 2.48. The van der Waals surface area contributed by atoms with E-state index in [9.17, 15) is 19.8 Å². The van der Waals surface area contributed by atoms with Crippen LogP contribution in [0.4, 0.5) is 0 Å². The molecule has 1 amide bonds. The van der Waals surface area contributed by atoms with Crippen molar-refractivity contribution in [1.29, 1.82) is 0 Å². The number of carbonyl (C=O) groups excluding carboxylic acids is 1. The van der Waals surface area contributed by atoms with Gasteiger partial charge in [-0.1, -0.05) is 41.4 Å². The molecule has 0 saturated carbocycles. The normalized spacial score (nSPS) is 11.7. The number of carboxylic acid groups (broad SMARTS) is 1. The van der Waals surface area contributed by atoms with Crippen LogP contribution >= 0.6 is 23.2 Å². The molecule has 0 fully saturated rings. The molecule has 0 bridgehead atoms. The number of hydrogen-bond donors (Lipinski definition) is 3. The van der Waals surface area contributed by atoms with Crippen molar-refractivity contribution in [2.45, 2.75) is 12.5 Å². The van der Waals surface area contributed by atoms with Gasteiger partial charge in [0.05, 0.1) is 15.6 Å². The molecule has 0 aromatic heterocycles. The Morgan fingerprint density at radius 2 is 1.61 bits per heavy atom. The number of aromatic hydroxyl groups is 1. The number of rotatable bonds is 5. The van der Waals surface area contributed by atoms with Gasteiger partial charge in [0.1, 0.15) is 11.8 Å². The number of halogens is 2. The maximum Gasteiger partial charge on any atom is 0.326 e. The van der Waals surface area contributed by atoms with Crippen LogP contribution in [0.15, 0.2) is 42.5 Å². The second kappa shape index (κ2) is 7.35. The summed E-state index contributed by atoms with van der Waals surface area (Å²) in [6.07, 6.45) is 0.0590. The molecule has 0 aliphatic heterocycles. The highest BCUT2D eigenvalue weighted by atomic mass is 35.5. The first-order chi connectivity index (χ1) is 10.9. The molecule has 2 aromatic carbocycles. The lowest BCUT2D eigenvalue weighted by Crippen LogP contribution is -2.42. The Kier molecular flexibility index (Phi) is 5.47. The van der Waals surface area contributed by atoms with Gasteiger partial charge >= 0.3 is 5.97 Å². The van der Waals surface area contributed by atoms with Gasteiger partial charge in [0.25, 0.3) is 5.91 Å². The maximum atomic E-state index is 12.3. The molecule has 3 N–H and O–H groups in total. The molecule has 0 spiro atoms. The summed E-state index contributed by atoms with van der Waals surface area (Å²) >= 11 is 11.9. The Hall–Kier alpha value is -2.24. The van der Waals surface area contributed by atoms with E-state index in [1.165, 1.54) is 24.3 Å². The van der Waals surface area contributed by atoms with Crippen molar-refractivity contribution < 1.29 is 19.8 Å². The van der Waals surface area contributed by atoms with Gasteiger partial charge in [0.2, 0.25) is 0 Å². The number of benzene rings is 2. The second-order valence-corrected chi connectivity index (χ2v) is 5.65. The van der Waals surface area contributed by atoms with Gasteiger partial charge in [-0.3, -0.25) is 4.79 Å². The summed E-state index contributed by atoms with van der Waals surface area (Å²) in [6, 6.07) is 9.49. The van der Waals surface area contributed by atoms with Crippen molar-refractivity contribution in [3.8, 4) is 5.75 Å². The van der Waals surface area contributed by atoms with Crippen molar-refractivity contribution in [3.63, 3.8) is 0 Å². The summed E-state index contributed by atoms with van der Waals surface area (Å²) in [4.78, 5) is 23.6. The number of phenolic OH excluding ortho intramolecular Hbond substituents is 1. The lowest BCUT2D eigenvalue weighted by atomic mass is 10.1. The van der Waals surface area contributed by atoms with E-state index < -0.39 is 17.9 Å². The summed E-state index contributed by atoms with van der Waals surface area (Å²) in [5.74, 6) is -1.77. The monoisotopic (exact) mass is 353 g/mol. The SMILES string of the molecule is O=C(NC(Cc1ccc(O)cc1)C(=O)O)c1c(Cl)cccc1Cl. The van der Waals surface area contributed by atoms with Gasteiger partial charge in [0, 0.05) is 6.42 Å². The molecule has 1 unspecified atom stereocenters. The lowest BCUT2D eigenvalue weighted by molar-refractivity contribution is -0.139. The Labute approximate surface area is 142 Å². The third-order valence-corrected chi connectivity index (χ3v) is 3.80. The molecule has 2 aromatic rings. The maximum absolute atomic E-state index is 12.3. The Balaban J connectivity index is 2.18. The second-order valence-electron chi connectivity index (χ2n) is 4.83. The molecule has 1 atom stereocenters. The fraction of sp³-hybridized carbons (Fsp3) is 0.125. The predicted octanol–water partition coefficient (Wildman–Crippen LogP) is 3.12. The van der Waals surface area contributed by atoms with Crippen molar-refractivity contribution in [2.24, 2.45) is 0 Å². The fourth-order valence-corrected chi connectivity index (χ4v) is 2.58. The molecule has 0 aliphatic rings. The largest absolute Gasteiger partial charge is 0.508 e. The van der Waals surface area contributed by atoms with Crippen molar-refractivity contribution in [2.75, 3.05) is 0 Å². The third-order valence-electron chi connectivity index (χ3n) is 3.17. The lowest BCUT2D eigenvalue weighted by Gasteiger charge is -2.16. The van der Waals surface area contributed by atoms with Gasteiger partial charge in [-0.05, 0) is 29.8 Å². The Morgan fingerprint density at radius 3 is 2.13 bits per heavy atom. The quantitative estimate of drug-likeness (QED) is 0.770. The van der Waals surface area contributed by atoms with E-state index in [-0.39, 0.29) is 27.8 Å². The highest BCUT2D eigenvalue weighted by Gasteiger charge is 2.23. The zero-order chi connectivity index (χ0) is 17.0. The summed E-state index contributed by atoms with van der Waals surface area (Å²) in [6.45, 7) is 0. The van der Waals surface area contributed by atoms with E-state index in [4.69, 9.17) is 23.2 Å². The first-order valence-corrected chi connectivity index (χ1v) is 7.39. The number of hydrogen-bond acceptors (Lipinski definition) is 3. The fourth-order valence-electron chi connectivity index (χ4n) is 2.01. The molecule has 2 rings (SSSR count). The molecule has 23 heavy (non-hydrogen) atoms. The van der Waals surface area contributed by atoms with E-state index >= 15 is 0 Å². The highest BCUT2D eigenvalue weighted by Crippen LogP contribution is 2.24. The van der Waals surface area contributed by atoms with Crippen molar-refractivity contribution in [1.82, 2.24) is 5.32 Å². The standard InChI is InChI=1S/C16H13Cl2NO4/c17-11-2-1-3-12(18)14(11)15(21)19-13(16(22)23)8-9-4-6-10(20)7-5-9/h1-7,13,20H,8H2,(H,19,21)(H,22,23). The molecular weight excluding hydrogens is 341 g/mol. The minimum atomic E-state index is -1.19. The Bertz CT molecular complexity index is 711. The van der Waals surface area contributed by atoms with Crippen LogP contribution in [0.5, 0.6) is 5.75 Å². The van der Waals surface area contributed by atoms with E-state index in [1.807, 2.05) is 0 Å². The van der Waals surface area contributed by atoms with E-state index in [2.05, 4.69) is 5.32 Å². The van der Waals surface area contributed by atoms with Gasteiger partial charge in [0.15, 0.2) is 0 Å². The van der Waals surface area contributed by atoms with Crippen LogP contribution in [0.2, 0.25) is 10.0 Å². The smallest absolute Gasteiger partial charge is 0.326 e. The van der Waals surface area contributed by atoms with E-state index in [1.54, 1.807) is 18.2 Å². The summed E-state index contributed by atoms with van der Waals surface area (Å²) < 4.78 is 0. The van der Waals surface area contributed by atoms with Gasteiger partial charge in [-0.15, -0.1) is 0 Å². The summed E-state index contributed by atoms with van der Waals surface area (Å²) in [5, 5.41) is 21.2. The van der Waals surface area contributed by atoms with E-state index in [0.29, 0.717) is 5.56 Å². The van der Waals surface area contributed by atoms with Crippen LogP contribution in [0.25, 0.3) is 0 Å². The topological polar surface area (TPSA) is 86.6 Å². The number of amides is 1. The van der Waals surface area contributed by atoms with Gasteiger partial charge in [-0.25, -0.2) is 4.79 Å². The number of carbonyl (C=O) groups is 2. The highest BCUT2D eigenvalue weighted by molar-refractivity contribution is 6.39. The predicted molar refractivity (Wildman–Crippen MR) is 87.2 cm³/mol. The third kappa shape index (κ3) is 4.37. The first-order valence-electron chi connectivity index (χ1n) is 6.64. The zero-order valence-electron chi connectivity index (χ0n) is 11.8. The summed E-state index contributed by atoms with van der Waals surface area (Å²) in [7, 11) is 0. The molecule has 0 saturated heterocycles. The molecule has 5 nitrogen and oxygen atoms in total. The van der Waals surface area contributed by atoms with Crippen LogP contribution in [-0.4, -0.2) is 28.1 Å². The van der Waals surface area contributed by atoms with Gasteiger partial charge in [-0.2, -0.15) is 0 Å². The van der Waals surface area contributed by atoms with Crippen molar-refractivity contribution >= 4 is 35.1 Å². The molecule has 0 radical (unpaired) electrons. The number of phenols is 1. The van der Waals surface area contributed by atoms with Gasteiger partial charge < -0.3 is 15.5 Å². The van der Waals surface area contributed by atoms with Crippen molar-refractivity contribution in [3.05, 3.63) is 63.6 Å². The molecular formula is C16H13Cl2NO4. The van der Waals surface area contributed by atoms with Crippen LogP contribution in [0, 0.1) is 0 Å². The van der Waals surface area contributed by atoms with E-state index in [0.717, 1.165) is 0 Å². The van der Waals surface area contributed by atoms with Crippen LogP contribution in [-0.2, 0) is 11.2 Å². The molecule has 0 aliphatic carbocycles. The van der Waals surface area contributed by atoms with Crippen LogP contribution < -0.4 is 5.32 Å².